The van der Waals surface area contributed by atoms with Crippen molar-refractivity contribution in [1.29, 1.82) is 0 Å². The Hall–Kier alpha value is -1.59. The molecular formula is C17H27N3O2. The van der Waals surface area contributed by atoms with Gasteiger partial charge in [-0.2, -0.15) is 0 Å². The number of carbonyl (C=O) groups is 1. The zero-order valence-corrected chi connectivity index (χ0v) is 13.9. The summed E-state index contributed by atoms with van der Waals surface area (Å²) in [5.74, 6) is 0.833. The van der Waals surface area contributed by atoms with Gasteiger partial charge in [0.15, 0.2) is 0 Å². The Labute approximate surface area is 133 Å². The highest BCUT2D eigenvalue weighted by molar-refractivity contribution is 5.94. The lowest BCUT2D eigenvalue weighted by molar-refractivity contribution is 0.0633. The first kappa shape index (κ1) is 16.8. The Morgan fingerprint density at radius 2 is 1.95 bits per heavy atom. The molecule has 1 heterocycles. The molecule has 0 atom stereocenters. The Balaban J connectivity index is 1.82. The van der Waals surface area contributed by atoms with Crippen LogP contribution in [-0.2, 0) is 0 Å². The third kappa shape index (κ3) is 4.71. The van der Waals surface area contributed by atoms with Gasteiger partial charge in [-0.25, -0.2) is 0 Å². The quantitative estimate of drug-likeness (QED) is 0.796. The Morgan fingerprint density at radius 1 is 1.23 bits per heavy atom. The zero-order chi connectivity index (χ0) is 15.9. The Morgan fingerprint density at radius 3 is 2.59 bits per heavy atom. The maximum atomic E-state index is 12.5. The van der Waals surface area contributed by atoms with Crippen molar-refractivity contribution >= 4 is 5.91 Å². The van der Waals surface area contributed by atoms with Gasteiger partial charge in [0.25, 0.3) is 5.91 Å². The minimum Gasteiger partial charge on any atom is -0.497 e. The van der Waals surface area contributed by atoms with Crippen LogP contribution >= 0.6 is 0 Å². The number of benzene rings is 1. The summed E-state index contributed by atoms with van der Waals surface area (Å²) >= 11 is 0. The summed E-state index contributed by atoms with van der Waals surface area (Å²) in [6, 6.07) is 7.39. The Bertz CT molecular complexity index is 483. The fraction of sp³-hybridized carbons (Fsp3) is 0.588. The second-order valence-corrected chi connectivity index (χ2v) is 6.02. The molecule has 0 radical (unpaired) electrons. The standard InChI is InChI=1S/C17H27N3O2/c1-18(2)8-5-9-19-10-12-20(13-11-19)17(21)15-6-4-7-16(14-15)22-3/h4,6-7,14H,5,8-13H2,1-3H3. The molecule has 0 spiro atoms. The van der Waals surface area contributed by atoms with Crippen molar-refractivity contribution in [3.8, 4) is 5.75 Å². The lowest BCUT2D eigenvalue weighted by atomic mass is 10.1. The van der Waals surface area contributed by atoms with E-state index in [2.05, 4.69) is 23.9 Å². The molecule has 0 saturated carbocycles. The molecule has 1 aliphatic heterocycles. The van der Waals surface area contributed by atoms with E-state index in [-0.39, 0.29) is 5.91 Å². The molecule has 0 aliphatic carbocycles. The summed E-state index contributed by atoms with van der Waals surface area (Å²) in [5.41, 5.74) is 0.709. The van der Waals surface area contributed by atoms with Gasteiger partial charge in [0.2, 0.25) is 0 Å². The van der Waals surface area contributed by atoms with Crippen LogP contribution in [0.5, 0.6) is 5.75 Å². The third-order valence-electron chi connectivity index (χ3n) is 4.06. The first-order chi connectivity index (χ1) is 10.6. The smallest absolute Gasteiger partial charge is 0.254 e. The first-order valence-corrected chi connectivity index (χ1v) is 7.90. The summed E-state index contributed by atoms with van der Waals surface area (Å²) in [7, 11) is 5.82. The molecule has 1 aromatic carbocycles. The molecule has 5 heteroatoms. The van der Waals surface area contributed by atoms with Crippen molar-refractivity contribution in [3.05, 3.63) is 29.8 Å². The molecule has 0 N–H and O–H groups in total. The van der Waals surface area contributed by atoms with Crippen LogP contribution in [0.3, 0.4) is 0 Å². The molecule has 1 aromatic rings. The highest BCUT2D eigenvalue weighted by Crippen LogP contribution is 2.15. The van der Waals surface area contributed by atoms with Crippen LogP contribution in [0.1, 0.15) is 16.8 Å². The highest BCUT2D eigenvalue weighted by atomic mass is 16.5. The topological polar surface area (TPSA) is 36.0 Å². The van der Waals surface area contributed by atoms with E-state index >= 15 is 0 Å². The Kier molecular flexibility index (Phi) is 6.21. The van der Waals surface area contributed by atoms with Crippen LogP contribution in [0.15, 0.2) is 24.3 Å². The van der Waals surface area contributed by atoms with E-state index in [1.165, 1.54) is 6.42 Å². The van der Waals surface area contributed by atoms with Crippen molar-refractivity contribution in [2.75, 3.05) is 60.5 Å². The van der Waals surface area contributed by atoms with E-state index in [0.29, 0.717) is 5.56 Å². The SMILES string of the molecule is COc1cccc(C(=O)N2CCN(CCCN(C)C)CC2)c1. The van der Waals surface area contributed by atoms with Gasteiger partial charge in [0, 0.05) is 31.7 Å². The van der Waals surface area contributed by atoms with Gasteiger partial charge in [0.1, 0.15) is 5.75 Å². The van der Waals surface area contributed by atoms with Crippen molar-refractivity contribution in [2.24, 2.45) is 0 Å². The van der Waals surface area contributed by atoms with Crippen molar-refractivity contribution in [1.82, 2.24) is 14.7 Å². The lowest BCUT2D eigenvalue weighted by Gasteiger charge is -2.35. The van der Waals surface area contributed by atoms with Crippen LogP contribution in [0.2, 0.25) is 0 Å². The second kappa shape index (κ2) is 8.15. The van der Waals surface area contributed by atoms with Gasteiger partial charge in [-0.1, -0.05) is 6.07 Å². The van der Waals surface area contributed by atoms with Crippen molar-refractivity contribution in [3.63, 3.8) is 0 Å². The van der Waals surface area contributed by atoms with Crippen molar-refractivity contribution < 1.29 is 9.53 Å². The maximum Gasteiger partial charge on any atom is 0.254 e. The summed E-state index contributed by atoms with van der Waals surface area (Å²) in [6.45, 7) is 5.75. The average molecular weight is 305 g/mol. The molecule has 0 aromatic heterocycles. The van der Waals surface area contributed by atoms with E-state index in [0.717, 1.165) is 45.0 Å². The van der Waals surface area contributed by atoms with E-state index in [9.17, 15) is 4.79 Å². The second-order valence-electron chi connectivity index (χ2n) is 6.02. The van der Waals surface area contributed by atoms with Crippen LogP contribution < -0.4 is 4.74 Å². The summed E-state index contributed by atoms with van der Waals surface area (Å²) < 4.78 is 5.19. The molecule has 2 rings (SSSR count). The number of rotatable bonds is 6. The molecule has 5 nitrogen and oxygen atoms in total. The number of methoxy groups -OCH3 is 1. The van der Waals surface area contributed by atoms with E-state index < -0.39 is 0 Å². The van der Waals surface area contributed by atoms with Crippen LogP contribution in [0.25, 0.3) is 0 Å². The molecule has 22 heavy (non-hydrogen) atoms. The normalized spacial score (nSPS) is 16.1. The van der Waals surface area contributed by atoms with Gasteiger partial charge in [-0.05, 0) is 51.8 Å². The monoisotopic (exact) mass is 305 g/mol. The predicted molar refractivity (Wildman–Crippen MR) is 88.5 cm³/mol. The maximum absolute atomic E-state index is 12.5. The first-order valence-electron chi connectivity index (χ1n) is 7.90. The molecule has 1 saturated heterocycles. The number of hydrogen-bond acceptors (Lipinski definition) is 4. The van der Waals surface area contributed by atoms with Gasteiger partial charge in [0.05, 0.1) is 7.11 Å². The number of piperazine rings is 1. The summed E-state index contributed by atoms with van der Waals surface area (Å²) in [5, 5.41) is 0. The number of amides is 1. The van der Waals surface area contributed by atoms with Gasteiger partial charge < -0.3 is 14.5 Å². The lowest BCUT2D eigenvalue weighted by Crippen LogP contribution is -2.49. The minimum absolute atomic E-state index is 0.104. The van der Waals surface area contributed by atoms with E-state index in [4.69, 9.17) is 4.74 Å². The molecule has 1 aliphatic rings. The molecule has 1 fully saturated rings. The number of nitrogens with zero attached hydrogens (tertiary/aromatic N) is 3. The molecular weight excluding hydrogens is 278 g/mol. The molecule has 0 unspecified atom stereocenters. The highest BCUT2D eigenvalue weighted by Gasteiger charge is 2.22. The zero-order valence-electron chi connectivity index (χ0n) is 13.9. The number of ether oxygens (including phenoxy) is 1. The molecule has 0 bridgehead atoms. The summed E-state index contributed by atoms with van der Waals surface area (Å²) in [6.07, 6.45) is 1.18. The average Bonchev–Trinajstić information content (AvgIpc) is 2.54. The summed E-state index contributed by atoms with van der Waals surface area (Å²) in [4.78, 5) is 19.1. The predicted octanol–water partition coefficient (Wildman–Crippen LogP) is 1.40. The van der Waals surface area contributed by atoms with Gasteiger partial charge in [-0.3, -0.25) is 9.69 Å². The van der Waals surface area contributed by atoms with Gasteiger partial charge >= 0.3 is 0 Å². The van der Waals surface area contributed by atoms with Crippen LogP contribution in [-0.4, -0.2) is 81.1 Å². The third-order valence-corrected chi connectivity index (χ3v) is 4.06. The van der Waals surface area contributed by atoms with Crippen molar-refractivity contribution in [2.45, 2.75) is 6.42 Å². The molecule has 1 amide bonds. The van der Waals surface area contributed by atoms with E-state index in [1.807, 2.05) is 29.2 Å². The van der Waals surface area contributed by atoms with E-state index in [1.54, 1.807) is 7.11 Å². The van der Waals surface area contributed by atoms with Gasteiger partial charge in [-0.15, -0.1) is 0 Å². The van der Waals surface area contributed by atoms with Crippen LogP contribution in [0.4, 0.5) is 0 Å². The molecule has 122 valence electrons. The number of carbonyl (C=O) groups excluding carboxylic acids is 1. The fourth-order valence-electron chi connectivity index (χ4n) is 2.72. The number of hydrogen-bond donors (Lipinski definition) is 0. The van der Waals surface area contributed by atoms with Crippen LogP contribution in [0, 0.1) is 0 Å². The fourth-order valence-corrected chi connectivity index (χ4v) is 2.72. The minimum atomic E-state index is 0.104. The largest absolute Gasteiger partial charge is 0.497 e.